The number of nitro benzene ring substituents is 1. The number of ether oxygens (including phenoxy) is 1. The van der Waals surface area contributed by atoms with Gasteiger partial charge in [-0.3, -0.25) is 14.7 Å². The SMILES string of the molecule is CCOC(=O)C1=C(c2ccccc2)Nc2nc3ccccc3n2C1c1cccc([N+](=O)[O-])c1. The van der Waals surface area contributed by atoms with Gasteiger partial charge in [0, 0.05) is 12.1 Å². The quantitative estimate of drug-likeness (QED) is 0.268. The molecule has 164 valence electrons. The van der Waals surface area contributed by atoms with Crippen molar-refractivity contribution in [2.24, 2.45) is 0 Å². The number of para-hydroxylation sites is 2. The van der Waals surface area contributed by atoms with E-state index in [-0.39, 0.29) is 12.3 Å². The number of non-ortho nitro benzene ring substituents is 1. The first-order valence-corrected chi connectivity index (χ1v) is 10.5. The summed E-state index contributed by atoms with van der Waals surface area (Å²) in [5.41, 5.74) is 3.79. The molecule has 0 saturated heterocycles. The van der Waals surface area contributed by atoms with Crippen molar-refractivity contribution in [1.82, 2.24) is 9.55 Å². The maximum atomic E-state index is 13.4. The van der Waals surface area contributed by atoms with Crippen molar-refractivity contribution in [3.8, 4) is 0 Å². The Balaban J connectivity index is 1.84. The number of hydrogen-bond acceptors (Lipinski definition) is 6. The molecule has 4 aromatic rings. The molecule has 0 saturated carbocycles. The molecule has 1 atom stereocenters. The summed E-state index contributed by atoms with van der Waals surface area (Å²) < 4.78 is 7.36. The topological polar surface area (TPSA) is 99.3 Å². The summed E-state index contributed by atoms with van der Waals surface area (Å²) in [7, 11) is 0. The van der Waals surface area contributed by atoms with Crippen LogP contribution in [0.2, 0.25) is 0 Å². The molecule has 0 amide bonds. The van der Waals surface area contributed by atoms with Crippen molar-refractivity contribution in [2.45, 2.75) is 13.0 Å². The van der Waals surface area contributed by atoms with E-state index in [2.05, 4.69) is 5.32 Å². The molecule has 1 aliphatic heterocycles. The lowest BCUT2D eigenvalue weighted by Crippen LogP contribution is -2.29. The molecule has 8 nitrogen and oxygen atoms in total. The van der Waals surface area contributed by atoms with Gasteiger partial charge in [0.25, 0.3) is 5.69 Å². The minimum absolute atomic E-state index is 0.0542. The van der Waals surface area contributed by atoms with Crippen LogP contribution < -0.4 is 5.32 Å². The van der Waals surface area contributed by atoms with Crippen LogP contribution in [0.3, 0.4) is 0 Å². The minimum atomic E-state index is -0.678. The van der Waals surface area contributed by atoms with E-state index in [0.29, 0.717) is 22.8 Å². The fourth-order valence-corrected chi connectivity index (χ4v) is 4.22. The second-order valence-corrected chi connectivity index (χ2v) is 7.55. The first kappa shape index (κ1) is 20.4. The van der Waals surface area contributed by atoms with Crippen LogP contribution in [0.25, 0.3) is 16.7 Å². The number of esters is 1. The van der Waals surface area contributed by atoms with Crippen LogP contribution in [-0.2, 0) is 9.53 Å². The minimum Gasteiger partial charge on any atom is -0.463 e. The Labute approximate surface area is 189 Å². The molecule has 0 radical (unpaired) electrons. The van der Waals surface area contributed by atoms with Gasteiger partial charge in [-0.25, -0.2) is 9.78 Å². The van der Waals surface area contributed by atoms with Gasteiger partial charge < -0.3 is 10.1 Å². The number of rotatable bonds is 5. The fraction of sp³-hybridized carbons (Fsp3) is 0.120. The van der Waals surface area contributed by atoms with Crippen LogP contribution >= 0.6 is 0 Å². The predicted molar refractivity (Wildman–Crippen MR) is 125 cm³/mol. The zero-order valence-corrected chi connectivity index (χ0v) is 17.8. The van der Waals surface area contributed by atoms with E-state index >= 15 is 0 Å². The Kier molecular flexibility index (Phi) is 5.10. The van der Waals surface area contributed by atoms with Gasteiger partial charge in [0.1, 0.15) is 0 Å². The van der Waals surface area contributed by atoms with Gasteiger partial charge in [0.05, 0.1) is 39.9 Å². The molecule has 33 heavy (non-hydrogen) atoms. The second-order valence-electron chi connectivity index (χ2n) is 7.55. The van der Waals surface area contributed by atoms with Crippen LogP contribution in [0.15, 0.2) is 84.4 Å². The third-order valence-electron chi connectivity index (χ3n) is 5.59. The predicted octanol–water partition coefficient (Wildman–Crippen LogP) is 4.93. The molecular weight excluding hydrogens is 420 g/mol. The molecule has 2 heterocycles. The number of benzene rings is 3. The lowest BCUT2D eigenvalue weighted by atomic mass is 9.92. The molecule has 3 aromatic carbocycles. The van der Waals surface area contributed by atoms with Crippen LogP contribution in [-0.4, -0.2) is 27.1 Å². The van der Waals surface area contributed by atoms with Gasteiger partial charge in [0.2, 0.25) is 5.95 Å². The highest BCUT2D eigenvalue weighted by atomic mass is 16.6. The Morgan fingerprint density at radius 1 is 1.09 bits per heavy atom. The second kappa shape index (κ2) is 8.23. The molecule has 1 N–H and O–H groups in total. The lowest BCUT2D eigenvalue weighted by molar-refractivity contribution is -0.384. The van der Waals surface area contributed by atoms with Gasteiger partial charge in [-0.15, -0.1) is 0 Å². The van der Waals surface area contributed by atoms with Crippen LogP contribution in [0.1, 0.15) is 24.1 Å². The average Bonchev–Trinajstić information content (AvgIpc) is 3.22. The van der Waals surface area contributed by atoms with E-state index < -0.39 is 16.9 Å². The van der Waals surface area contributed by atoms with E-state index in [4.69, 9.17) is 9.72 Å². The zero-order valence-electron chi connectivity index (χ0n) is 17.8. The number of carbonyl (C=O) groups excluding carboxylic acids is 1. The van der Waals surface area contributed by atoms with Crippen molar-refractivity contribution in [1.29, 1.82) is 0 Å². The number of carbonyl (C=O) groups is 1. The molecule has 0 fully saturated rings. The Bertz CT molecular complexity index is 1410. The third kappa shape index (κ3) is 3.51. The highest BCUT2D eigenvalue weighted by Crippen LogP contribution is 2.42. The highest BCUT2D eigenvalue weighted by Gasteiger charge is 2.37. The number of nitrogens with one attached hydrogen (secondary N) is 1. The lowest BCUT2D eigenvalue weighted by Gasteiger charge is -2.31. The largest absolute Gasteiger partial charge is 0.463 e. The van der Waals surface area contributed by atoms with Crippen molar-refractivity contribution in [3.05, 3.63) is 106 Å². The van der Waals surface area contributed by atoms with Crippen LogP contribution in [0.4, 0.5) is 11.6 Å². The number of aromatic nitrogens is 2. The summed E-state index contributed by atoms with van der Waals surface area (Å²) in [5.74, 6) is 0.0448. The summed E-state index contributed by atoms with van der Waals surface area (Å²) in [4.78, 5) is 29.2. The highest BCUT2D eigenvalue weighted by molar-refractivity contribution is 6.03. The number of hydrogen-bond donors (Lipinski definition) is 1. The smallest absolute Gasteiger partial charge is 0.338 e. The van der Waals surface area contributed by atoms with E-state index in [1.54, 1.807) is 19.1 Å². The van der Waals surface area contributed by atoms with Crippen molar-refractivity contribution >= 4 is 34.3 Å². The molecule has 5 rings (SSSR count). The fourth-order valence-electron chi connectivity index (χ4n) is 4.22. The number of nitro groups is 1. The van der Waals surface area contributed by atoms with Crippen molar-refractivity contribution in [2.75, 3.05) is 11.9 Å². The maximum Gasteiger partial charge on any atom is 0.338 e. The molecule has 1 aromatic heterocycles. The van der Waals surface area contributed by atoms with Crippen molar-refractivity contribution < 1.29 is 14.5 Å². The molecule has 0 bridgehead atoms. The van der Waals surface area contributed by atoms with Gasteiger partial charge in [-0.2, -0.15) is 0 Å². The van der Waals surface area contributed by atoms with Gasteiger partial charge in [-0.05, 0) is 30.2 Å². The van der Waals surface area contributed by atoms with Crippen molar-refractivity contribution in [3.63, 3.8) is 0 Å². The summed E-state index contributed by atoms with van der Waals surface area (Å²) in [6, 6.07) is 22.7. The number of nitrogens with zero attached hydrogens (tertiary/aromatic N) is 3. The number of fused-ring (bicyclic) bond motifs is 3. The first-order chi connectivity index (χ1) is 16.1. The molecule has 1 aliphatic rings. The van der Waals surface area contributed by atoms with Crippen LogP contribution in [0, 0.1) is 10.1 Å². The van der Waals surface area contributed by atoms with E-state index in [0.717, 1.165) is 16.6 Å². The Hall–Kier alpha value is -4.46. The third-order valence-corrected chi connectivity index (χ3v) is 5.59. The van der Waals surface area contributed by atoms with Crippen LogP contribution in [0.5, 0.6) is 0 Å². The average molecular weight is 440 g/mol. The monoisotopic (exact) mass is 440 g/mol. The van der Waals surface area contributed by atoms with E-state index in [1.807, 2.05) is 59.2 Å². The standard InChI is InChI=1S/C25H20N4O4/c1-2-33-24(30)21-22(16-9-4-3-5-10-16)27-25-26-19-13-6-7-14-20(19)28(25)23(21)17-11-8-12-18(15-17)29(31)32/h3-15,23H,2H2,1H3,(H,26,27). The molecule has 1 unspecified atom stereocenters. The molecular formula is C25H20N4O4. The summed E-state index contributed by atoms with van der Waals surface area (Å²) in [5, 5.41) is 14.8. The molecule has 0 spiro atoms. The Morgan fingerprint density at radius 3 is 2.61 bits per heavy atom. The summed E-state index contributed by atoms with van der Waals surface area (Å²) in [6.45, 7) is 1.95. The number of anilines is 1. The maximum absolute atomic E-state index is 13.4. The summed E-state index contributed by atoms with van der Waals surface area (Å²) >= 11 is 0. The first-order valence-electron chi connectivity index (χ1n) is 10.5. The molecule has 8 heteroatoms. The Morgan fingerprint density at radius 2 is 1.85 bits per heavy atom. The zero-order chi connectivity index (χ0) is 22.9. The van der Waals surface area contributed by atoms with Gasteiger partial charge in [0.15, 0.2) is 0 Å². The van der Waals surface area contributed by atoms with E-state index in [9.17, 15) is 14.9 Å². The molecule has 0 aliphatic carbocycles. The number of imidazole rings is 1. The van der Waals surface area contributed by atoms with Gasteiger partial charge >= 0.3 is 5.97 Å². The van der Waals surface area contributed by atoms with E-state index in [1.165, 1.54) is 12.1 Å². The normalized spacial score (nSPS) is 15.1. The summed E-state index contributed by atoms with van der Waals surface area (Å²) in [6.07, 6.45) is 0. The van der Waals surface area contributed by atoms with Gasteiger partial charge in [-0.1, -0.05) is 54.6 Å².